The molecule has 5 nitrogen and oxygen atoms in total. The van der Waals surface area contributed by atoms with E-state index in [9.17, 15) is 4.39 Å². The van der Waals surface area contributed by atoms with E-state index in [-0.39, 0.29) is 5.82 Å². The highest BCUT2D eigenvalue weighted by Gasteiger charge is 2.04. The van der Waals surface area contributed by atoms with Crippen LogP contribution in [0.4, 0.5) is 21.7 Å². The Labute approximate surface area is 97.9 Å². The summed E-state index contributed by atoms with van der Waals surface area (Å²) in [7, 11) is 0. The maximum atomic E-state index is 13.6. The van der Waals surface area contributed by atoms with Crippen molar-refractivity contribution in [3.8, 4) is 0 Å². The third-order valence-electron chi connectivity index (χ3n) is 2.17. The van der Waals surface area contributed by atoms with E-state index >= 15 is 0 Å². The van der Waals surface area contributed by atoms with Gasteiger partial charge in [0.1, 0.15) is 5.82 Å². The van der Waals surface area contributed by atoms with Crippen LogP contribution in [0.1, 0.15) is 5.56 Å². The number of rotatable bonds is 3. The number of hydrogen-bond acceptors (Lipinski definition) is 5. The van der Waals surface area contributed by atoms with E-state index in [1.54, 1.807) is 6.07 Å². The first-order valence-corrected chi connectivity index (χ1v) is 5.01. The van der Waals surface area contributed by atoms with Gasteiger partial charge in [-0.2, -0.15) is 0 Å². The molecule has 2 aromatic rings. The number of hydrazine groups is 1. The standard InChI is InChI=1S/C11H12FN5/c1-7-2-3-9(8(12)4-7)15-10-5-14-6-11(16-10)17-13/h2-6H,13H2,1H3,(H2,15,16,17). The molecule has 0 saturated heterocycles. The molecule has 0 bridgehead atoms. The summed E-state index contributed by atoms with van der Waals surface area (Å²) in [6.45, 7) is 1.83. The molecule has 0 aliphatic heterocycles. The summed E-state index contributed by atoms with van der Waals surface area (Å²) in [5.41, 5.74) is 3.57. The van der Waals surface area contributed by atoms with Crippen molar-refractivity contribution in [2.24, 2.45) is 5.84 Å². The van der Waals surface area contributed by atoms with Crippen LogP contribution < -0.4 is 16.6 Å². The summed E-state index contributed by atoms with van der Waals surface area (Å²) < 4.78 is 13.6. The largest absolute Gasteiger partial charge is 0.336 e. The molecule has 1 aromatic carbocycles. The van der Waals surface area contributed by atoms with Gasteiger partial charge in [0.05, 0.1) is 18.1 Å². The minimum Gasteiger partial charge on any atom is -0.336 e. The molecule has 1 aromatic heterocycles. The lowest BCUT2D eigenvalue weighted by atomic mass is 10.2. The quantitative estimate of drug-likeness (QED) is 0.558. The topological polar surface area (TPSA) is 75.9 Å². The number of benzene rings is 1. The van der Waals surface area contributed by atoms with Gasteiger partial charge in [-0.25, -0.2) is 15.2 Å². The average Bonchev–Trinajstić information content (AvgIpc) is 2.33. The highest BCUT2D eigenvalue weighted by Crippen LogP contribution is 2.19. The SMILES string of the molecule is Cc1ccc(Nc2cncc(NN)n2)c(F)c1. The molecular weight excluding hydrogens is 221 g/mol. The molecule has 4 N–H and O–H groups in total. The van der Waals surface area contributed by atoms with E-state index in [4.69, 9.17) is 5.84 Å². The number of nitrogens with one attached hydrogen (secondary N) is 2. The Morgan fingerprint density at radius 1 is 1.24 bits per heavy atom. The van der Waals surface area contributed by atoms with Crippen molar-refractivity contribution in [2.75, 3.05) is 10.7 Å². The number of aromatic nitrogens is 2. The van der Waals surface area contributed by atoms with Crippen molar-refractivity contribution in [2.45, 2.75) is 6.92 Å². The molecule has 0 radical (unpaired) electrons. The van der Waals surface area contributed by atoms with Crippen LogP contribution in [0.15, 0.2) is 30.6 Å². The Bertz CT molecular complexity index is 529. The minimum atomic E-state index is -0.335. The van der Waals surface area contributed by atoms with Gasteiger partial charge in [0.25, 0.3) is 0 Å². The van der Waals surface area contributed by atoms with E-state index in [0.29, 0.717) is 17.3 Å². The zero-order valence-corrected chi connectivity index (χ0v) is 9.24. The van der Waals surface area contributed by atoms with Gasteiger partial charge in [0.2, 0.25) is 0 Å². The summed E-state index contributed by atoms with van der Waals surface area (Å²) in [6.07, 6.45) is 2.96. The molecule has 6 heteroatoms. The van der Waals surface area contributed by atoms with Crippen LogP contribution in [-0.2, 0) is 0 Å². The third-order valence-corrected chi connectivity index (χ3v) is 2.17. The summed E-state index contributed by atoms with van der Waals surface area (Å²) in [4.78, 5) is 7.98. The first-order valence-electron chi connectivity index (χ1n) is 5.01. The lowest BCUT2D eigenvalue weighted by molar-refractivity contribution is 0.630. The smallest absolute Gasteiger partial charge is 0.160 e. The van der Waals surface area contributed by atoms with Gasteiger partial charge in [-0.05, 0) is 24.6 Å². The number of anilines is 3. The number of halogens is 1. The molecule has 0 aliphatic rings. The van der Waals surface area contributed by atoms with Crippen LogP contribution >= 0.6 is 0 Å². The fourth-order valence-electron chi connectivity index (χ4n) is 1.36. The first kappa shape index (κ1) is 11.3. The molecule has 88 valence electrons. The van der Waals surface area contributed by atoms with Crippen molar-refractivity contribution in [1.29, 1.82) is 0 Å². The van der Waals surface area contributed by atoms with Crippen molar-refractivity contribution in [1.82, 2.24) is 9.97 Å². The molecule has 0 unspecified atom stereocenters. The Morgan fingerprint density at radius 2 is 2.00 bits per heavy atom. The number of nitrogen functional groups attached to an aromatic ring is 1. The van der Waals surface area contributed by atoms with Crippen LogP contribution in [0.25, 0.3) is 0 Å². The van der Waals surface area contributed by atoms with E-state index in [0.717, 1.165) is 5.56 Å². The molecule has 0 fully saturated rings. The van der Waals surface area contributed by atoms with E-state index in [2.05, 4.69) is 20.7 Å². The third kappa shape index (κ3) is 2.67. The molecular formula is C11H12FN5. The second-order valence-corrected chi connectivity index (χ2v) is 3.54. The lowest BCUT2D eigenvalue weighted by Crippen LogP contribution is -2.09. The molecule has 2 rings (SSSR count). The number of aryl methyl sites for hydroxylation is 1. The molecule has 1 heterocycles. The van der Waals surface area contributed by atoms with Crippen LogP contribution in [0.5, 0.6) is 0 Å². The van der Waals surface area contributed by atoms with E-state index < -0.39 is 0 Å². The lowest BCUT2D eigenvalue weighted by Gasteiger charge is -2.08. The van der Waals surface area contributed by atoms with Gasteiger partial charge in [-0.1, -0.05) is 6.07 Å². The normalized spacial score (nSPS) is 10.1. The van der Waals surface area contributed by atoms with E-state index in [1.165, 1.54) is 18.5 Å². The fraction of sp³-hybridized carbons (Fsp3) is 0.0909. The van der Waals surface area contributed by atoms with Gasteiger partial charge in [-0.3, -0.25) is 4.98 Å². The van der Waals surface area contributed by atoms with Gasteiger partial charge in [0.15, 0.2) is 11.6 Å². The number of hydrogen-bond donors (Lipinski definition) is 3. The van der Waals surface area contributed by atoms with Crippen molar-refractivity contribution >= 4 is 17.3 Å². The van der Waals surface area contributed by atoms with Crippen LogP contribution in [0, 0.1) is 12.7 Å². The molecule has 0 saturated carbocycles. The number of nitrogens with two attached hydrogens (primary N) is 1. The molecule has 0 spiro atoms. The van der Waals surface area contributed by atoms with Gasteiger partial charge in [-0.15, -0.1) is 0 Å². The van der Waals surface area contributed by atoms with Crippen molar-refractivity contribution < 1.29 is 4.39 Å². The molecule has 0 amide bonds. The van der Waals surface area contributed by atoms with Crippen molar-refractivity contribution in [3.63, 3.8) is 0 Å². The Hall–Kier alpha value is -2.21. The second-order valence-electron chi connectivity index (χ2n) is 3.54. The van der Waals surface area contributed by atoms with Gasteiger partial charge in [0, 0.05) is 0 Å². The minimum absolute atomic E-state index is 0.335. The zero-order chi connectivity index (χ0) is 12.3. The number of nitrogens with zero attached hydrogens (tertiary/aromatic N) is 2. The molecule has 0 aliphatic carbocycles. The highest BCUT2D eigenvalue weighted by molar-refractivity contribution is 5.57. The second kappa shape index (κ2) is 4.75. The zero-order valence-electron chi connectivity index (χ0n) is 9.24. The summed E-state index contributed by atoms with van der Waals surface area (Å²) >= 11 is 0. The van der Waals surface area contributed by atoms with Crippen LogP contribution in [0.3, 0.4) is 0 Å². The van der Waals surface area contributed by atoms with Crippen LogP contribution in [0.2, 0.25) is 0 Å². The molecule has 0 atom stereocenters. The first-order chi connectivity index (χ1) is 8.19. The summed E-state index contributed by atoms with van der Waals surface area (Å²) in [6, 6.07) is 4.90. The van der Waals surface area contributed by atoms with E-state index in [1.807, 2.05) is 13.0 Å². The Morgan fingerprint density at radius 3 is 2.71 bits per heavy atom. The predicted octanol–water partition coefficient (Wildman–Crippen LogP) is 1.95. The monoisotopic (exact) mass is 233 g/mol. The Kier molecular flexibility index (Phi) is 3.15. The van der Waals surface area contributed by atoms with Gasteiger partial charge < -0.3 is 10.7 Å². The Balaban J connectivity index is 2.25. The maximum Gasteiger partial charge on any atom is 0.160 e. The average molecular weight is 233 g/mol. The summed E-state index contributed by atoms with van der Waals surface area (Å²) in [5, 5.41) is 2.83. The highest BCUT2D eigenvalue weighted by atomic mass is 19.1. The fourth-order valence-corrected chi connectivity index (χ4v) is 1.36. The summed E-state index contributed by atoms with van der Waals surface area (Å²) in [5.74, 6) is 5.70. The molecule has 17 heavy (non-hydrogen) atoms. The predicted molar refractivity (Wildman–Crippen MR) is 64.3 cm³/mol. The van der Waals surface area contributed by atoms with Crippen molar-refractivity contribution in [3.05, 3.63) is 42.0 Å². The van der Waals surface area contributed by atoms with Crippen LogP contribution in [-0.4, -0.2) is 9.97 Å². The maximum absolute atomic E-state index is 13.6. The van der Waals surface area contributed by atoms with Gasteiger partial charge >= 0.3 is 0 Å².